The average molecular weight is 467 g/mol. The molecule has 0 aliphatic carbocycles. The van der Waals surface area contributed by atoms with Crippen LogP contribution in [0.4, 0.5) is 5.69 Å². The summed E-state index contributed by atoms with van der Waals surface area (Å²) in [5, 5.41) is 13.9. The number of ether oxygens (including phenoxy) is 1. The van der Waals surface area contributed by atoms with E-state index in [1.807, 2.05) is 66.7 Å². The molecule has 1 amide bonds. The van der Waals surface area contributed by atoms with Crippen molar-refractivity contribution in [2.75, 3.05) is 11.9 Å². The SMILES string of the molecule is O=C(COc1ccccc1Cc1ccccc1)Nc1ccc(O)c(-c2nc3ccccc3s2)c1. The molecule has 0 fully saturated rings. The number of phenolic OH excluding ortho intramolecular Hbond substituents is 1. The molecule has 0 saturated carbocycles. The van der Waals surface area contributed by atoms with E-state index in [1.54, 1.807) is 18.2 Å². The number of aromatic hydroxyl groups is 1. The molecule has 5 nitrogen and oxygen atoms in total. The van der Waals surface area contributed by atoms with Crippen LogP contribution in [0.3, 0.4) is 0 Å². The number of aromatic nitrogens is 1. The summed E-state index contributed by atoms with van der Waals surface area (Å²) in [6, 6.07) is 30.6. The van der Waals surface area contributed by atoms with Gasteiger partial charge in [-0.05, 0) is 47.5 Å². The number of hydrogen-bond donors (Lipinski definition) is 2. The molecule has 5 aromatic rings. The molecule has 5 rings (SSSR count). The van der Waals surface area contributed by atoms with E-state index in [4.69, 9.17) is 4.74 Å². The molecule has 34 heavy (non-hydrogen) atoms. The van der Waals surface area contributed by atoms with E-state index < -0.39 is 0 Å². The van der Waals surface area contributed by atoms with Gasteiger partial charge in [0.1, 0.15) is 16.5 Å². The molecule has 4 aromatic carbocycles. The van der Waals surface area contributed by atoms with Gasteiger partial charge in [0.15, 0.2) is 6.61 Å². The number of phenols is 1. The third-order valence-corrected chi connectivity index (χ3v) is 6.44. The number of carbonyl (C=O) groups is 1. The molecular formula is C28H22N2O3S. The Hall–Kier alpha value is -4.16. The molecule has 1 aromatic heterocycles. The molecule has 0 saturated heterocycles. The molecule has 0 bridgehead atoms. The van der Waals surface area contributed by atoms with Crippen LogP contribution in [0.5, 0.6) is 11.5 Å². The van der Waals surface area contributed by atoms with Gasteiger partial charge in [-0.15, -0.1) is 11.3 Å². The fourth-order valence-corrected chi connectivity index (χ4v) is 4.71. The van der Waals surface area contributed by atoms with Crippen LogP contribution in [-0.2, 0) is 11.2 Å². The second-order valence-electron chi connectivity index (χ2n) is 7.83. The quantitative estimate of drug-likeness (QED) is 0.277. The zero-order valence-corrected chi connectivity index (χ0v) is 19.1. The van der Waals surface area contributed by atoms with Gasteiger partial charge >= 0.3 is 0 Å². The van der Waals surface area contributed by atoms with Crippen LogP contribution < -0.4 is 10.1 Å². The Bertz CT molecular complexity index is 1410. The van der Waals surface area contributed by atoms with Crippen LogP contribution in [0.15, 0.2) is 97.1 Å². The fourth-order valence-electron chi connectivity index (χ4n) is 3.72. The van der Waals surface area contributed by atoms with Crippen molar-refractivity contribution in [1.29, 1.82) is 0 Å². The van der Waals surface area contributed by atoms with Crippen molar-refractivity contribution in [3.63, 3.8) is 0 Å². The van der Waals surface area contributed by atoms with Gasteiger partial charge in [-0.3, -0.25) is 4.79 Å². The lowest BCUT2D eigenvalue weighted by Crippen LogP contribution is -2.20. The molecule has 0 aliphatic heterocycles. The number of anilines is 1. The van der Waals surface area contributed by atoms with Crippen molar-refractivity contribution >= 4 is 33.1 Å². The molecule has 0 atom stereocenters. The highest BCUT2D eigenvalue weighted by Crippen LogP contribution is 2.36. The zero-order valence-electron chi connectivity index (χ0n) is 18.3. The Morgan fingerprint density at radius 2 is 1.68 bits per heavy atom. The first-order chi connectivity index (χ1) is 16.7. The third-order valence-electron chi connectivity index (χ3n) is 5.37. The van der Waals surface area contributed by atoms with Crippen molar-refractivity contribution in [3.05, 3.63) is 108 Å². The van der Waals surface area contributed by atoms with Crippen LogP contribution in [0.25, 0.3) is 20.8 Å². The number of amides is 1. The Kier molecular flexibility index (Phi) is 6.23. The predicted molar refractivity (Wildman–Crippen MR) is 137 cm³/mol. The molecule has 1 heterocycles. The smallest absolute Gasteiger partial charge is 0.262 e. The standard InChI is InChI=1S/C28H22N2O3S/c31-24-15-14-21(17-22(24)28-30-23-11-5-7-13-26(23)34-28)29-27(32)18-33-25-12-6-4-10-20(25)16-19-8-2-1-3-9-19/h1-15,17,31H,16,18H2,(H,29,32). The van der Waals surface area contributed by atoms with Gasteiger partial charge in [-0.25, -0.2) is 4.98 Å². The number of rotatable bonds is 7. The van der Waals surface area contributed by atoms with E-state index in [0.717, 1.165) is 22.2 Å². The van der Waals surface area contributed by atoms with Crippen molar-refractivity contribution < 1.29 is 14.6 Å². The maximum absolute atomic E-state index is 12.6. The fraction of sp³-hybridized carbons (Fsp3) is 0.0714. The summed E-state index contributed by atoms with van der Waals surface area (Å²) in [5.41, 5.74) is 4.21. The summed E-state index contributed by atoms with van der Waals surface area (Å²) in [5.74, 6) is 0.515. The molecule has 168 valence electrons. The van der Waals surface area contributed by atoms with Crippen LogP contribution in [0.2, 0.25) is 0 Å². The molecule has 0 spiro atoms. The van der Waals surface area contributed by atoms with E-state index >= 15 is 0 Å². The van der Waals surface area contributed by atoms with Crippen LogP contribution in [0.1, 0.15) is 11.1 Å². The highest BCUT2D eigenvalue weighted by atomic mass is 32.1. The van der Waals surface area contributed by atoms with Crippen molar-refractivity contribution in [2.24, 2.45) is 0 Å². The predicted octanol–water partition coefficient (Wildman–Crippen LogP) is 6.28. The van der Waals surface area contributed by atoms with Crippen molar-refractivity contribution in [1.82, 2.24) is 4.98 Å². The second-order valence-corrected chi connectivity index (χ2v) is 8.86. The lowest BCUT2D eigenvalue weighted by atomic mass is 10.0. The van der Waals surface area contributed by atoms with Crippen LogP contribution >= 0.6 is 11.3 Å². The maximum Gasteiger partial charge on any atom is 0.262 e. The molecule has 0 unspecified atom stereocenters. The highest BCUT2D eigenvalue weighted by Gasteiger charge is 2.13. The molecular weight excluding hydrogens is 444 g/mol. The number of fused-ring (bicyclic) bond motifs is 1. The van der Waals surface area contributed by atoms with E-state index in [-0.39, 0.29) is 18.3 Å². The Morgan fingerprint density at radius 1 is 0.912 bits per heavy atom. The van der Waals surface area contributed by atoms with Gasteiger partial charge < -0.3 is 15.2 Å². The number of hydrogen-bond acceptors (Lipinski definition) is 5. The minimum Gasteiger partial charge on any atom is -0.507 e. The number of carbonyl (C=O) groups excluding carboxylic acids is 1. The monoisotopic (exact) mass is 466 g/mol. The highest BCUT2D eigenvalue weighted by molar-refractivity contribution is 7.21. The Morgan fingerprint density at radius 3 is 2.53 bits per heavy atom. The van der Waals surface area contributed by atoms with Crippen molar-refractivity contribution in [2.45, 2.75) is 6.42 Å². The summed E-state index contributed by atoms with van der Waals surface area (Å²) in [4.78, 5) is 17.2. The summed E-state index contributed by atoms with van der Waals surface area (Å²) < 4.78 is 6.89. The largest absolute Gasteiger partial charge is 0.507 e. The molecule has 6 heteroatoms. The normalized spacial score (nSPS) is 10.8. The van der Waals surface area contributed by atoms with Gasteiger partial charge in [0.2, 0.25) is 0 Å². The lowest BCUT2D eigenvalue weighted by Gasteiger charge is -2.12. The molecule has 0 radical (unpaired) electrons. The summed E-state index contributed by atoms with van der Waals surface area (Å²) in [6.07, 6.45) is 0.724. The maximum atomic E-state index is 12.6. The van der Waals surface area contributed by atoms with E-state index in [1.165, 1.54) is 16.9 Å². The minimum atomic E-state index is -0.282. The van der Waals surface area contributed by atoms with Crippen molar-refractivity contribution in [3.8, 4) is 22.1 Å². The van der Waals surface area contributed by atoms with Gasteiger partial charge in [-0.2, -0.15) is 0 Å². The van der Waals surface area contributed by atoms with Crippen LogP contribution in [-0.4, -0.2) is 22.6 Å². The van der Waals surface area contributed by atoms with Gasteiger partial charge in [0.25, 0.3) is 5.91 Å². The van der Waals surface area contributed by atoms with Crippen LogP contribution in [0, 0.1) is 0 Å². The van der Waals surface area contributed by atoms with Gasteiger partial charge in [-0.1, -0.05) is 60.7 Å². The number of thiazole rings is 1. The number of nitrogens with one attached hydrogen (secondary N) is 1. The molecule has 0 aliphatic rings. The lowest BCUT2D eigenvalue weighted by molar-refractivity contribution is -0.118. The summed E-state index contributed by atoms with van der Waals surface area (Å²) in [7, 11) is 0. The minimum absolute atomic E-state index is 0.114. The number of benzene rings is 4. The second kappa shape index (κ2) is 9.77. The molecule has 2 N–H and O–H groups in total. The third kappa shape index (κ3) is 4.92. The van der Waals surface area contributed by atoms with E-state index in [0.29, 0.717) is 22.0 Å². The van der Waals surface area contributed by atoms with E-state index in [2.05, 4.69) is 22.4 Å². The topological polar surface area (TPSA) is 71.5 Å². The summed E-state index contributed by atoms with van der Waals surface area (Å²) in [6.45, 7) is -0.122. The Labute approximate surface area is 201 Å². The summed E-state index contributed by atoms with van der Waals surface area (Å²) >= 11 is 1.49. The van der Waals surface area contributed by atoms with Gasteiger partial charge in [0.05, 0.1) is 15.8 Å². The average Bonchev–Trinajstić information content (AvgIpc) is 3.29. The zero-order chi connectivity index (χ0) is 23.3. The van der Waals surface area contributed by atoms with E-state index in [9.17, 15) is 9.90 Å². The number of nitrogens with zero attached hydrogens (tertiary/aromatic N) is 1. The first-order valence-corrected chi connectivity index (χ1v) is 11.7. The first kappa shape index (κ1) is 21.7. The van der Waals surface area contributed by atoms with Gasteiger partial charge in [0, 0.05) is 12.1 Å². The first-order valence-electron chi connectivity index (χ1n) is 10.9. The number of para-hydroxylation sites is 2. The Balaban J connectivity index is 1.27.